The molecule has 0 radical (unpaired) electrons. The maximum absolute atomic E-state index is 13.8. The Balaban J connectivity index is 1.98. The summed E-state index contributed by atoms with van der Waals surface area (Å²) in [5, 5.41) is 0.287. The first-order chi connectivity index (χ1) is 20.7. The summed E-state index contributed by atoms with van der Waals surface area (Å²) in [6.07, 6.45) is 2.27. The molecule has 12 heteroatoms. The van der Waals surface area contributed by atoms with Gasteiger partial charge in [0.2, 0.25) is 11.5 Å². The predicted octanol–water partition coefficient (Wildman–Crippen LogP) is 3.72. The van der Waals surface area contributed by atoms with Crippen LogP contribution in [0.2, 0.25) is 0 Å². The number of hydrogen-bond donors (Lipinski definition) is 0. The Morgan fingerprint density at radius 2 is 1.42 bits per heavy atom. The van der Waals surface area contributed by atoms with E-state index in [1.807, 2.05) is 13.8 Å². The van der Waals surface area contributed by atoms with Gasteiger partial charge in [-0.1, -0.05) is 13.8 Å². The number of nitrogens with zero attached hydrogens (tertiary/aromatic N) is 3. The minimum Gasteiger partial charge on any atom is -0.493 e. The van der Waals surface area contributed by atoms with E-state index in [4.69, 9.17) is 33.2 Å². The van der Waals surface area contributed by atoms with Crippen molar-refractivity contribution in [2.75, 3.05) is 62.3 Å². The van der Waals surface area contributed by atoms with E-state index >= 15 is 0 Å². The van der Waals surface area contributed by atoms with E-state index in [9.17, 15) is 9.59 Å². The lowest BCUT2D eigenvalue weighted by Crippen LogP contribution is -2.40. The highest BCUT2D eigenvalue weighted by Gasteiger charge is 2.24. The second-order valence-corrected chi connectivity index (χ2v) is 9.45. The van der Waals surface area contributed by atoms with Crippen molar-refractivity contribution in [3.05, 3.63) is 46.0 Å². The van der Waals surface area contributed by atoms with Crippen LogP contribution in [-0.2, 0) is 16.1 Å². The van der Waals surface area contributed by atoms with Gasteiger partial charge >= 0.3 is 5.97 Å². The molecular weight excluding hydrogens is 558 g/mol. The zero-order valence-electron chi connectivity index (χ0n) is 26.3. The fourth-order valence-corrected chi connectivity index (χ4v) is 4.82. The molecule has 0 aliphatic rings. The number of carbonyl (C=O) groups is 1. The summed E-state index contributed by atoms with van der Waals surface area (Å²) in [4.78, 5) is 33.6. The predicted molar refractivity (Wildman–Crippen MR) is 163 cm³/mol. The van der Waals surface area contributed by atoms with Crippen molar-refractivity contribution in [3.63, 3.8) is 0 Å². The van der Waals surface area contributed by atoms with Crippen molar-refractivity contribution in [3.8, 4) is 34.5 Å². The first-order valence-electron chi connectivity index (χ1n) is 13.8. The van der Waals surface area contributed by atoms with Crippen LogP contribution >= 0.6 is 0 Å². The summed E-state index contributed by atoms with van der Waals surface area (Å²) in [5.74, 6) is 2.19. The van der Waals surface area contributed by atoms with Gasteiger partial charge in [0, 0.05) is 12.6 Å². The van der Waals surface area contributed by atoms with Gasteiger partial charge in [-0.2, -0.15) is 0 Å². The third-order valence-electron chi connectivity index (χ3n) is 7.07. The monoisotopic (exact) mass is 599 g/mol. The molecule has 1 aromatic heterocycles. The van der Waals surface area contributed by atoms with Gasteiger partial charge in [0.15, 0.2) is 23.0 Å². The molecule has 0 aliphatic heterocycles. The molecule has 1 atom stereocenters. The summed E-state index contributed by atoms with van der Waals surface area (Å²) in [5.41, 5.74) is 0.677. The van der Waals surface area contributed by atoms with Crippen molar-refractivity contribution in [1.82, 2.24) is 14.5 Å². The molecule has 0 saturated heterocycles. The Kier molecular flexibility index (Phi) is 11.6. The van der Waals surface area contributed by atoms with Gasteiger partial charge in [0.25, 0.3) is 5.56 Å². The number of benzene rings is 2. The zero-order chi connectivity index (χ0) is 31.7. The summed E-state index contributed by atoms with van der Waals surface area (Å²) < 4.78 is 40.0. The van der Waals surface area contributed by atoms with Crippen molar-refractivity contribution in [2.45, 2.75) is 33.4 Å². The Labute approximate surface area is 251 Å². The van der Waals surface area contributed by atoms with E-state index in [0.717, 1.165) is 13.1 Å². The van der Waals surface area contributed by atoms with Crippen LogP contribution in [0.5, 0.6) is 34.5 Å². The normalized spacial score (nSPS) is 12.0. The minimum atomic E-state index is -0.658. The third kappa shape index (κ3) is 7.31. The number of methoxy groups -OCH3 is 6. The van der Waals surface area contributed by atoms with Crippen molar-refractivity contribution < 1.29 is 38.0 Å². The van der Waals surface area contributed by atoms with Gasteiger partial charge in [-0.05, 0) is 49.9 Å². The first-order valence-corrected chi connectivity index (χ1v) is 13.8. The van der Waals surface area contributed by atoms with E-state index in [1.165, 1.54) is 53.3 Å². The van der Waals surface area contributed by atoms with Crippen LogP contribution < -0.4 is 34.0 Å². The smallest absolute Gasteiger partial charge is 0.331 e. The molecule has 1 heterocycles. The van der Waals surface area contributed by atoms with Crippen molar-refractivity contribution >= 4 is 22.9 Å². The van der Waals surface area contributed by atoms with E-state index in [1.54, 1.807) is 31.2 Å². The molecular formula is C31H41N3O9. The van der Waals surface area contributed by atoms with Gasteiger partial charge < -0.3 is 38.1 Å². The van der Waals surface area contributed by atoms with E-state index in [2.05, 4.69) is 9.88 Å². The number of fused-ring (bicyclic) bond motifs is 1. The molecule has 0 N–H and O–H groups in total. The average molecular weight is 600 g/mol. The van der Waals surface area contributed by atoms with Crippen LogP contribution in [0, 0.1) is 6.92 Å². The number of carbonyl (C=O) groups excluding carboxylic acids is 1. The summed E-state index contributed by atoms with van der Waals surface area (Å²) in [7, 11) is 9.00. The largest absolute Gasteiger partial charge is 0.493 e. The molecule has 3 aromatic rings. The topological polar surface area (TPSA) is 120 Å². The van der Waals surface area contributed by atoms with Gasteiger partial charge in [0.05, 0.1) is 54.6 Å². The van der Waals surface area contributed by atoms with Crippen LogP contribution in [0.4, 0.5) is 0 Å². The van der Waals surface area contributed by atoms with Gasteiger partial charge in [-0.15, -0.1) is 0 Å². The quantitative estimate of drug-likeness (QED) is 0.188. The number of rotatable bonds is 15. The molecule has 3 rings (SSSR count). The van der Waals surface area contributed by atoms with Gasteiger partial charge in [-0.25, -0.2) is 9.78 Å². The van der Waals surface area contributed by atoms with Crippen LogP contribution in [0.25, 0.3) is 17.0 Å². The molecule has 0 amide bonds. The fourth-order valence-electron chi connectivity index (χ4n) is 4.82. The lowest BCUT2D eigenvalue weighted by molar-refractivity contribution is -0.144. The average Bonchev–Trinajstić information content (AvgIpc) is 3.02. The van der Waals surface area contributed by atoms with Crippen LogP contribution in [0.15, 0.2) is 29.1 Å². The highest BCUT2D eigenvalue weighted by molar-refractivity contribution is 5.89. The number of hydrogen-bond acceptors (Lipinski definition) is 11. The highest BCUT2D eigenvalue weighted by Crippen LogP contribution is 2.42. The molecule has 2 aromatic carbocycles. The summed E-state index contributed by atoms with van der Waals surface area (Å²) >= 11 is 0. The number of aryl methyl sites for hydroxylation is 1. The third-order valence-corrected chi connectivity index (χ3v) is 7.07. The molecule has 0 bridgehead atoms. The minimum absolute atomic E-state index is 0.0878. The van der Waals surface area contributed by atoms with Gasteiger partial charge in [0.1, 0.15) is 17.4 Å². The summed E-state index contributed by atoms with van der Waals surface area (Å²) in [6, 6.07) is 5.02. The Hall–Kier alpha value is -4.45. The molecule has 0 aliphatic carbocycles. The summed E-state index contributed by atoms with van der Waals surface area (Å²) in [6.45, 7) is 7.74. The zero-order valence-corrected chi connectivity index (χ0v) is 26.3. The van der Waals surface area contributed by atoms with E-state index in [-0.39, 0.29) is 17.5 Å². The number of esters is 1. The molecule has 0 spiro atoms. The maximum Gasteiger partial charge on any atom is 0.331 e. The standard InChI is InChI=1S/C31H41N3O9/c1-10-33(11-2)17-21(43-26(35)13-12-20-14-23(37-4)28(40-7)24(15-20)38-5)18-34-19(3)32-27-22(31(34)36)16-25(39-6)29(41-8)30(27)42-9/h12-16,21H,10-11,17-18H2,1-9H3. The Morgan fingerprint density at radius 3 is 1.93 bits per heavy atom. The molecule has 234 valence electrons. The molecule has 12 nitrogen and oxygen atoms in total. The maximum atomic E-state index is 13.8. The number of aromatic nitrogens is 2. The fraction of sp³-hybridized carbons (Fsp3) is 0.452. The molecule has 1 unspecified atom stereocenters. The molecule has 43 heavy (non-hydrogen) atoms. The van der Waals surface area contributed by atoms with E-state index < -0.39 is 12.1 Å². The number of ether oxygens (including phenoxy) is 7. The highest BCUT2D eigenvalue weighted by atomic mass is 16.5. The molecule has 0 saturated carbocycles. The second-order valence-electron chi connectivity index (χ2n) is 9.45. The molecule has 0 fully saturated rings. The van der Waals surface area contributed by atoms with Gasteiger partial charge in [-0.3, -0.25) is 9.36 Å². The van der Waals surface area contributed by atoms with E-state index in [0.29, 0.717) is 57.9 Å². The Bertz CT molecular complexity index is 1490. The Morgan fingerprint density at radius 1 is 0.860 bits per heavy atom. The van der Waals surface area contributed by atoms with Crippen LogP contribution in [-0.4, -0.2) is 88.8 Å². The lowest BCUT2D eigenvalue weighted by atomic mass is 10.1. The van der Waals surface area contributed by atoms with Crippen LogP contribution in [0.3, 0.4) is 0 Å². The number of likely N-dealkylation sites (N-methyl/N-ethyl adjacent to an activating group) is 1. The van der Waals surface area contributed by atoms with Crippen molar-refractivity contribution in [2.24, 2.45) is 0 Å². The second kappa shape index (κ2) is 15.1. The first kappa shape index (κ1) is 33.1. The van der Waals surface area contributed by atoms with Crippen LogP contribution in [0.1, 0.15) is 25.2 Å². The van der Waals surface area contributed by atoms with Crippen molar-refractivity contribution in [1.29, 1.82) is 0 Å². The SMILES string of the molecule is CCN(CC)CC(Cn1c(C)nc2c(OC)c(OC)c(OC)cc2c1=O)OC(=O)C=Cc1cc(OC)c(OC)c(OC)c1. The lowest BCUT2D eigenvalue weighted by Gasteiger charge is -2.26.